The Kier molecular flexibility index (Phi) is 4.75. The highest BCUT2D eigenvalue weighted by molar-refractivity contribution is 5.98. The normalized spacial score (nSPS) is 10.8. The number of hydrogen-bond donors (Lipinski definition) is 2. The van der Waals surface area contributed by atoms with E-state index < -0.39 is 22.3 Å². The average Bonchev–Trinajstić information content (AvgIpc) is 3.17. The van der Waals surface area contributed by atoms with Crippen LogP contribution in [0.1, 0.15) is 15.9 Å². The number of nitro groups is 1. The van der Waals surface area contributed by atoms with Gasteiger partial charge in [-0.1, -0.05) is 18.2 Å². The monoisotopic (exact) mass is 350 g/mol. The lowest BCUT2D eigenvalue weighted by atomic mass is 10.1. The Labute approximate surface area is 148 Å². The van der Waals surface area contributed by atoms with E-state index in [-0.39, 0.29) is 5.56 Å². The Morgan fingerprint density at radius 1 is 1.12 bits per heavy atom. The molecule has 0 spiro atoms. The third kappa shape index (κ3) is 3.44. The highest BCUT2D eigenvalue weighted by Gasteiger charge is 2.15. The Bertz CT molecular complexity index is 981. The molecule has 2 aromatic carbocycles. The molecule has 0 radical (unpaired) electrons. The number of nitrogens with one attached hydrogen (secondary N) is 1. The number of phenolic OH excluding ortho intramolecular Hbond substituents is 1. The fourth-order valence-corrected chi connectivity index (χ4v) is 2.41. The van der Waals surface area contributed by atoms with Crippen molar-refractivity contribution in [2.24, 2.45) is 5.10 Å². The lowest BCUT2D eigenvalue weighted by Gasteiger charge is -2.09. The van der Waals surface area contributed by atoms with Crippen molar-refractivity contribution in [1.82, 2.24) is 9.99 Å². The standard InChI is InChI=1S/C18H14N4O4/c23-17-13(6-5-9-16(17)22(25)26)12-19-20-18(24)14-7-1-2-8-15(14)21-10-3-4-11-21/h1-12,23H,(H,20,24)/b19-12-. The summed E-state index contributed by atoms with van der Waals surface area (Å²) in [5, 5.41) is 24.5. The number of benzene rings is 2. The molecule has 8 heteroatoms. The van der Waals surface area contributed by atoms with E-state index in [1.807, 2.05) is 30.6 Å². The maximum Gasteiger partial charge on any atom is 0.311 e. The molecule has 3 rings (SSSR count). The number of phenols is 1. The first-order chi connectivity index (χ1) is 12.6. The number of aromatic hydroxyl groups is 1. The molecule has 0 unspecified atom stereocenters. The summed E-state index contributed by atoms with van der Waals surface area (Å²) in [5.41, 5.74) is 3.14. The summed E-state index contributed by atoms with van der Waals surface area (Å²) in [6, 6.07) is 14.7. The molecular formula is C18H14N4O4. The average molecular weight is 350 g/mol. The van der Waals surface area contributed by atoms with Crippen LogP contribution in [0.25, 0.3) is 5.69 Å². The van der Waals surface area contributed by atoms with E-state index >= 15 is 0 Å². The number of amides is 1. The van der Waals surface area contributed by atoms with Crippen molar-refractivity contribution in [2.45, 2.75) is 0 Å². The van der Waals surface area contributed by atoms with Crippen LogP contribution in [0.5, 0.6) is 5.75 Å². The molecule has 26 heavy (non-hydrogen) atoms. The number of aromatic nitrogens is 1. The first-order valence-electron chi connectivity index (χ1n) is 7.60. The van der Waals surface area contributed by atoms with Gasteiger partial charge in [0.15, 0.2) is 0 Å². The molecule has 0 saturated heterocycles. The van der Waals surface area contributed by atoms with Crippen LogP contribution < -0.4 is 5.43 Å². The van der Waals surface area contributed by atoms with Gasteiger partial charge >= 0.3 is 5.69 Å². The van der Waals surface area contributed by atoms with E-state index in [0.717, 1.165) is 6.21 Å². The molecule has 0 aliphatic carbocycles. The topological polar surface area (TPSA) is 110 Å². The molecule has 0 aliphatic heterocycles. The zero-order valence-electron chi connectivity index (χ0n) is 13.4. The molecule has 3 aromatic rings. The van der Waals surface area contributed by atoms with Gasteiger partial charge in [0.05, 0.1) is 22.4 Å². The first kappa shape index (κ1) is 16.9. The number of carbonyl (C=O) groups excluding carboxylic acids is 1. The summed E-state index contributed by atoms with van der Waals surface area (Å²) in [7, 11) is 0. The molecule has 0 fully saturated rings. The highest BCUT2D eigenvalue weighted by atomic mass is 16.6. The van der Waals surface area contributed by atoms with Crippen molar-refractivity contribution in [2.75, 3.05) is 0 Å². The van der Waals surface area contributed by atoms with Crippen molar-refractivity contribution >= 4 is 17.8 Å². The molecular weight excluding hydrogens is 336 g/mol. The van der Waals surface area contributed by atoms with Crippen LogP contribution >= 0.6 is 0 Å². The zero-order valence-corrected chi connectivity index (χ0v) is 13.4. The van der Waals surface area contributed by atoms with Gasteiger partial charge in [-0.05, 0) is 30.3 Å². The van der Waals surface area contributed by atoms with Gasteiger partial charge in [-0.3, -0.25) is 14.9 Å². The van der Waals surface area contributed by atoms with E-state index in [4.69, 9.17) is 0 Å². The molecule has 8 nitrogen and oxygen atoms in total. The van der Waals surface area contributed by atoms with Crippen molar-refractivity contribution in [3.05, 3.63) is 88.2 Å². The van der Waals surface area contributed by atoms with E-state index in [0.29, 0.717) is 11.3 Å². The van der Waals surface area contributed by atoms with Gasteiger partial charge in [0.2, 0.25) is 5.75 Å². The summed E-state index contributed by atoms with van der Waals surface area (Å²) in [6.07, 6.45) is 4.78. The maximum absolute atomic E-state index is 12.4. The van der Waals surface area contributed by atoms with Gasteiger partial charge in [-0.25, -0.2) is 5.43 Å². The van der Waals surface area contributed by atoms with Gasteiger partial charge in [-0.15, -0.1) is 0 Å². The van der Waals surface area contributed by atoms with Gasteiger partial charge in [0, 0.05) is 24.0 Å². The van der Waals surface area contributed by atoms with Crippen LogP contribution in [0.3, 0.4) is 0 Å². The third-order valence-electron chi connectivity index (χ3n) is 3.64. The Morgan fingerprint density at radius 3 is 2.58 bits per heavy atom. The summed E-state index contributed by atoms with van der Waals surface area (Å²) in [6.45, 7) is 0. The molecule has 0 saturated carbocycles. The fourth-order valence-electron chi connectivity index (χ4n) is 2.41. The van der Waals surface area contributed by atoms with Crippen molar-refractivity contribution in [3.63, 3.8) is 0 Å². The van der Waals surface area contributed by atoms with Crippen LogP contribution in [-0.2, 0) is 0 Å². The third-order valence-corrected chi connectivity index (χ3v) is 3.64. The fraction of sp³-hybridized carbons (Fsp3) is 0. The Morgan fingerprint density at radius 2 is 1.85 bits per heavy atom. The summed E-state index contributed by atoms with van der Waals surface area (Å²) in [5.74, 6) is -0.960. The SMILES string of the molecule is O=C(N/N=C\c1cccc([N+](=O)[O-])c1O)c1ccccc1-n1cccc1. The summed E-state index contributed by atoms with van der Waals surface area (Å²) < 4.78 is 1.80. The number of hydrogen-bond acceptors (Lipinski definition) is 5. The van der Waals surface area contributed by atoms with Crippen molar-refractivity contribution in [3.8, 4) is 11.4 Å². The first-order valence-corrected chi connectivity index (χ1v) is 7.60. The van der Waals surface area contributed by atoms with Crippen LogP contribution in [0, 0.1) is 10.1 Å². The molecule has 0 atom stereocenters. The van der Waals surface area contributed by atoms with E-state index in [2.05, 4.69) is 10.5 Å². The van der Waals surface area contributed by atoms with Crippen molar-refractivity contribution < 1.29 is 14.8 Å². The predicted molar refractivity (Wildman–Crippen MR) is 95.6 cm³/mol. The van der Waals surface area contributed by atoms with Gasteiger partial charge in [-0.2, -0.15) is 5.10 Å². The molecule has 0 aliphatic rings. The largest absolute Gasteiger partial charge is 0.502 e. The van der Waals surface area contributed by atoms with E-state index in [9.17, 15) is 20.0 Å². The number of carbonyl (C=O) groups is 1. The minimum atomic E-state index is -0.696. The number of hydrazone groups is 1. The Balaban J connectivity index is 1.80. The zero-order chi connectivity index (χ0) is 18.5. The number of rotatable bonds is 5. The van der Waals surface area contributed by atoms with Crippen LogP contribution in [0.2, 0.25) is 0 Å². The van der Waals surface area contributed by atoms with Gasteiger partial charge in [0.25, 0.3) is 5.91 Å². The minimum Gasteiger partial charge on any atom is -0.502 e. The molecule has 1 amide bonds. The van der Waals surface area contributed by atoms with E-state index in [1.54, 1.807) is 22.8 Å². The lowest BCUT2D eigenvalue weighted by molar-refractivity contribution is -0.385. The second-order valence-corrected chi connectivity index (χ2v) is 5.28. The van der Waals surface area contributed by atoms with Crippen LogP contribution in [0.4, 0.5) is 5.69 Å². The molecule has 130 valence electrons. The van der Waals surface area contributed by atoms with Crippen LogP contribution in [0.15, 0.2) is 72.1 Å². The lowest BCUT2D eigenvalue weighted by Crippen LogP contribution is -2.19. The number of nitro benzene ring substituents is 1. The van der Waals surface area contributed by atoms with Crippen LogP contribution in [-0.4, -0.2) is 26.7 Å². The number of nitrogens with zero attached hydrogens (tertiary/aromatic N) is 3. The highest BCUT2D eigenvalue weighted by Crippen LogP contribution is 2.27. The smallest absolute Gasteiger partial charge is 0.311 e. The molecule has 1 heterocycles. The molecule has 2 N–H and O–H groups in total. The quantitative estimate of drug-likeness (QED) is 0.419. The molecule has 0 bridgehead atoms. The van der Waals surface area contributed by atoms with E-state index in [1.165, 1.54) is 18.2 Å². The summed E-state index contributed by atoms with van der Waals surface area (Å²) in [4.78, 5) is 22.5. The molecule has 1 aromatic heterocycles. The second-order valence-electron chi connectivity index (χ2n) is 5.28. The van der Waals surface area contributed by atoms with Gasteiger partial charge in [0.1, 0.15) is 0 Å². The van der Waals surface area contributed by atoms with Gasteiger partial charge < -0.3 is 9.67 Å². The maximum atomic E-state index is 12.4. The van der Waals surface area contributed by atoms with Crippen molar-refractivity contribution in [1.29, 1.82) is 0 Å². The Hall–Kier alpha value is -3.94. The summed E-state index contributed by atoms with van der Waals surface area (Å²) >= 11 is 0. The predicted octanol–water partition coefficient (Wildman–Crippen LogP) is 2.86. The number of para-hydroxylation sites is 2. The second kappa shape index (κ2) is 7.31. The minimum absolute atomic E-state index is 0.123.